The van der Waals surface area contributed by atoms with Gasteiger partial charge in [-0.2, -0.15) is 0 Å². The quantitative estimate of drug-likeness (QED) is 0.684. The van der Waals surface area contributed by atoms with Crippen molar-refractivity contribution in [2.75, 3.05) is 0 Å². The van der Waals surface area contributed by atoms with Gasteiger partial charge in [-0.1, -0.05) is 11.6 Å². The number of fused-ring (bicyclic) bond motifs is 2. The van der Waals surface area contributed by atoms with E-state index in [0.29, 0.717) is 5.02 Å². The normalized spacial score (nSPS) is 14.4. The molecule has 0 atom stereocenters. The Hall–Kier alpha value is -1.22. The van der Waals surface area contributed by atoms with Crippen molar-refractivity contribution in [3.8, 4) is 0 Å². The maximum Gasteiger partial charge on any atom is 0.149 e. The zero-order chi connectivity index (χ0) is 11.3. The Morgan fingerprint density at radius 2 is 1.88 bits per heavy atom. The van der Waals surface area contributed by atoms with E-state index in [1.54, 1.807) is 0 Å². The van der Waals surface area contributed by atoms with E-state index in [1.165, 1.54) is 0 Å². The lowest BCUT2D eigenvalue weighted by molar-refractivity contribution is 0.615. The van der Waals surface area contributed by atoms with Crippen LogP contribution in [0.5, 0.6) is 0 Å². The van der Waals surface area contributed by atoms with E-state index in [9.17, 15) is 8.78 Å². The molecule has 1 aromatic heterocycles. The highest BCUT2D eigenvalue weighted by Crippen LogP contribution is 2.35. The Bertz CT molecular complexity index is 595. The molecule has 1 nitrogen and oxygen atoms in total. The van der Waals surface area contributed by atoms with Crippen molar-refractivity contribution >= 4 is 22.5 Å². The molecule has 0 radical (unpaired) electrons. The van der Waals surface area contributed by atoms with Gasteiger partial charge >= 0.3 is 0 Å². The van der Waals surface area contributed by atoms with Gasteiger partial charge in [-0.25, -0.2) is 13.8 Å². The van der Waals surface area contributed by atoms with Gasteiger partial charge in [0, 0.05) is 5.69 Å². The van der Waals surface area contributed by atoms with Gasteiger partial charge in [-0.3, -0.25) is 0 Å². The van der Waals surface area contributed by atoms with Crippen LogP contribution in [0.1, 0.15) is 17.7 Å². The summed E-state index contributed by atoms with van der Waals surface area (Å²) in [6.07, 6.45) is 2.54. The molecule has 0 unspecified atom stereocenters. The standard InChI is InChI=1S/C12H8ClF2N/c13-11-6-2-1-3-9(6)16-12-8(15)5-4-7(14)10(11)12/h4-5H,1-3H2. The summed E-state index contributed by atoms with van der Waals surface area (Å²) in [4.78, 5) is 4.18. The number of aromatic nitrogens is 1. The molecule has 82 valence electrons. The monoisotopic (exact) mass is 239 g/mol. The average Bonchev–Trinajstić information content (AvgIpc) is 2.72. The summed E-state index contributed by atoms with van der Waals surface area (Å²) in [5.74, 6) is -1.03. The molecule has 1 heterocycles. The molecule has 0 aliphatic heterocycles. The number of benzene rings is 1. The Labute approximate surface area is 96.1 Å². The maximum absolute atomic E-state index is 13.6. The van der Waals surface area contributed by atoms with Crippen LogP contribution in [0.3, 0.4) is 0 Å². The largest absolute Gasteiger partial charge is 0.249 e. The van der Waals surface area contributed by atoms with Crippen molar-refractivity contribution in [3.05, 3.63) is 40.0 Å². The number of nitrogens with zero attached hydrogens (tertiary/aromatic N) is 1. The second kappa shape index (κ2) is 3.39. The number of hydrogen-bond acceptors (Lipinski definition) is 1. The van der Waals surface area contributed by atoms with Crippen LogP contribution in [0.4, 0.5) is 8.78 Å². The van der Waals surface area contributed by atoms with Crippen LogP contribution in [0.15, 0.2) is 12.1 Å². The van der Waals surface area contributed by atoms with Crippen molar-refractivity contribution in [2.45, 2.75) is 19.3 Å². The third-order valence-corrected chi connectivity index (χ3v) is 3.41. The molecule has 3 rings (SSSR count). The van der Waals surface area contributed by atoms with E-state index in [1.807, 2.05) is 0 Å². The van der Waals surface area contributed by atoms with Crippen LogP contribution in [0, 0.1) is 11.6 Å². The fraction of sp³-hybridized carbons (Fsp3) is 0.250. The Kier molecular flexibility index (Phi) is 2.11. The molecule has 0 amide bonds. The van der Waals surface area contributed by atoms with E-state index in [2.05, 4.69) is 4.98 Å². The zero-order valence-electron chi connectivity index (χ0n) is 8.36. The minimum atomic E-state index is -0.520. The number of hydrogen-bond donors (Lipinski definition) is 0. The highest BCUT2D eigenvalue weighted by molar-refractivity contribution is 6.36. The molecular weight excluding hydrogens is 232 g/mol. The lowest BCUT2D eigenvalue weighted by Crippen LogP contribution is -1.96. The van der Waals surface area contributed by atoms with Crippen molar-refractivity contribution in [2.24, 2.45) is 0 Å². The van der Waals surface area contributed by atoms with Gasteiger partial charge in [0.15, 0.2) is 0 Å². The molecular formula is C12H8ClF2N. The fourth-order valence-electron chi connectivity index (χ4n) is 2.23. The zero-order valence-corrected chi connectivity index (χ0v) is 9.11. The summed E-state index contributed by atoms with van der Waals surface area (Å²) < 4.78 is 27.1. The Morgan fingerprint density at radius 1 is 1.12 bits per heavy atom. The van der Waals surface area contributed by atoms with Crippen molar-refractivity contribution in [3.63, 3.8) is 0 Å². The summed E-state index contributed by atoms with van der Waals surface area (Å²) in [6, 6.07) is 2.18. The van der Waals surface area contributed by atoms with Crippen LogP contribution in [-0.4, -0.2) is 4.98 Å². The molecule has 0 fully saturated rings. The highest BCUT2D eigenvalue weighted by Gasteiger charge is 2.21. The van der Waals surface area contributed by atoms with Gasteiger partial charge in [0.05, 0.1) is 10.4 Å². The van der Waals surface area contributed by atoms with Crippen LogP contribution in [0.25, 0.3) is 10.9 Å². The maximum atomic E-state index is 13.6. The highest BCUT2D eigenvalue weighted by atomic mass is 35.5. The number of pyridine rings is 1. The molecule has 1 aliphatic carbocycles. The molecule has 1 aliphatic rings. The number of halogens is 3. The predicted molar refractivity (Wildman–Crippen MR) is 58.7 cm³/mol. The summed E-state index contributed by atoms with van der Waals surface area (Å²) in [7, 11) is 0. The van der Waals surface area contributed by atoms with Crippen molar-refractivity contribution in [1.29, 1.82) is 0 Å². The average molecular weight is 240 g/mol. The third-order valence-electron chi connectivity index (χ3n) is 3.00. The van der Waals surface area contributed by atoms with E-state index < -0.39 is 11.6 Å². The molecule has 0 saturated carbocycles. The first kappa shape index (κ1) is 9.97. The summed E-state index contributed by atoms with van der Waals surface area (Å²) in [5.41, 5.74) is 1.73. The van der Waals surface area contributed by atoms with Gasteiger partial charge in [-0.05, 0) is 37.0 Å². The lowest BCUT2D eigenvalue weighted by atomic mass is 10.1. The van der Waals surface area contributed by atoms with E-state index >= 15 is 0 Å². The predicted octanol–water partition coefficient (Wildman–Crippen LogP) is 3.66. The second-order valence-corrected chi connectivity index (χ2v) is 4.34. The van der Waals surface area contributed by atoms with Gasteiger partial charge in [0.1, 0.15) is 17.2 Å². The first-order chi connectivity index (χ1) is 7.68. The van der Waals surface area contributed by atoms with Gasteiger partial charge in [0.25, 0.3) is 0 Å². The Morgan fingerprint density at radius 3 is 2.69 bits per heavy atom. The van der Waals surface area contributed by atoms with Crippen LogP contribution in [0.2, 0.25) is 5.02 Å². The second-order valence-electron chi connectivity index (χ2n) is 3.96. The first-order valence-electron chi connectivity index (χ1n) is 5.13. The smallest absolute Gasteiger partial charge is 0.149 e. The van der Waals surface area contributed by atoms with Crippen molar-refractivity contribution < 1.29 is 8.78 Å². The van der Waals surface area contributed by atoms with Crippen molar-refractivity contribution in [1.82, 2.24) is 4.98 Å². The lowest BCUT2D eigenvalue weighted by Gasteiger charge is -2.07. The van der Waals surface area contributed by atoms with Crippen LogP contribution < -0.4 is 0 Å². The fourth-order valence-corrected chi connectivity index (χ4v) is 2.62. The molecule has 4 heteroatoms. The van der Waals surface area contributed by atoms with Crippen LogP contribution in [-0.2, 0) is 12.8 Å². The van der Waals surface area contributed by atoms with Gasteiger partial charge in [0.2, 0.25) is 0 Å². The summed E-state index contributed by atoms with van der Waals surface area (Å²) >= 11 is 6.12. The Balaban J connectivity index is 2.50. The van der Waals surface area contributed by atoms with E-state index in [4.69, 9.17) is 11.6 Å². The topological polar surface area (TPSA) is 12.9 Å². The van der Waals surface area contributed by atoms with E-state index in [-0.39, 0.29) is 10.9 Å². The van der Waals surface area contributed by atoms with Crippen LogP contribution >= 0.6 is 11.6 Å². The molecule has 0 spiro atoms. The molecule has 2 aromatic rings. The number of rotatable bonds is 0. The van der Waals surface area contributed by atoms with Gasteiger partial charge < -0.3 is 0 Å². The minimum Gasteiger partial charge on any atom is -0.249 e. The van der Waals surface area contributed by atoms with E-state index in [0.717, 1.165) is 42.7 Å². The SMILES string of the molecule is Fc1ccc(F)c2c(Cl)c3c(nc12)CCC3. The molecule has 1 aromatic carbocycles. The molecule has 16 heavy (non-hydrogen) atoms. The van der Waals surface area contributed by atoms with Gasteiger partial charge in [-0.15, -0.1) is 0 Å². The minimum absolute atomic E-state index is 0.0469. The molecule has 0 N–H and O–H groups in total. The molecule has 0 saturated heterocycles. The third kappa shape index (κ3) is 1.24. The summed E-state index contributed by atoms with van der Waals surface area (Å²) in [6.45, 7) is 0. The molecule has 0 bridgehead atoms. The number of aryl methyl sites for hydroxylation is 1. The summed E-state index contributed by atoms with van der Waals surface area (Å²) in [5, 5.41) is 0.441. The first-order valence-corrected chi connectivity index (χ1v) is 5.51.